The van der Waals surface area contributed by atoms with Gasteiger partial charge in [-0.15, -0.1) is 0 Å². The normalized spacial score (nSPS) is 17.6. The highest BCUT2D eigenvalue weighted by atomic mass is 16.5. The molecule has 0 amide bonds. The topological polar surface area (TPSA) is 76.5 Å². The van der Waals surface area contributed by atoms with E-state index in [2.05, 4.69) is 4.98 Å². The van der Waals surface area contributed by atoms with Crippen molar-refractivity contribution >= 4 is 0 Å². The van der Waals surface area contributed by atoms with Gasteiger partial charge in [-0.1, -0.05) is 6.07 Å². The molecule has 1 aromatic carbocycles. The van der Waals surface area contributed by atoms with Crippen LogP contribution in [-0.4, -0.2) is 27.9 Å². The van der Waals surface area contributed by atoms with Crippen molar-refractivity contribution in [1.82, 2.24) is 9.55 Å². The summed E-state index contributed by atoms with van der Waals surface area (Å²) in [6, 6.07) is 5.42. The number of ether oxygens (including phenoxy) is 2. The van der Waals surface area contributed by atoms with E-state index in [1.165, 1.54) is 17.4 Å². The van der Waals surface area contributed by atoms with Crippen molar-refractivity contribution in [3.63, 3.8) is 0 Å². The molecule has 6 heteroatoms. The van der Waals surface area contributed by atoms with Crippen molar-refractivity contribution in [3.8, 4) is 11.5 Å². The Hall–Kier alpha value is -2.21. The van der Waals surface area contributed by atoms with Crippen LogP contribution in [0.5, 0.6) is 11.5 Å². The Morgan fingerprint density at radius 1 is 1.33 bits per heavy atom. The summed E-state index contributed by atoms with van der Waals surface area (Å²) in [7, 11) is 1.61. The molecule has 130 valence electrons. The standard InChI is InChI=1S/C18H24N2O4/c1-18(22,12-20-10-9-19-17(20)21)13-7-8-15(23-2)16(11-13)24-14-5-3-4-6-14/h7-11,14,22H,3-6,12H2,1-2H3,(H,19,21). The SMILES string of the molecule is COc1ccc(C(C)(O)Cn2cc[nH]c2=O)cc1OC1CCCC1. The second-order valence-corrected chi connectivity index (χ2v) is 6.56. The van der Waals surface area contributed by atoms with Crippen molar-refractivity contribution in [2.24, 2.45) is 0 Å². The molecule has 1 saturated carbocycles. The van der Waals surface area contributed by atoms with Gasteiger partial charge >= 0.3 is 5.69 Å². The van der Waals surface area contributed by atoms with Crippen LogP contribution in [0.2, 0.25) is 0 Å². The highest BCUT2D eigenvalue weighted by Gasteiger charge is 2.27. The first-order chi connectivity index (χ1) is 11.5. The largest absolute Gasteiger partial charge is 0.493 e. The van der Waals surface area contributed by atoms with Gasteiger partial charge in [0, 0.05) is 12.4 Å². The van der Waals surface area contributed by atoms with Crippen LogP contribution in [0.25, 0.3) is 0 Å². The number of rotatable bonds is 6. The van der Waals surface area contributed by atoms with E-state index in [9.17, 15) is 9.90 Å². The number of aliphatic hydroxyl groups is 1. The Morgan fingerprint density at radius 3 is 2.71 bits per heavy atom. The minimum atomic E-state index is -1.20. The molecule has 0 aliphatic heterocycles. The number of benzene rings is 1. The summed E-state index contributed by atoms with van der Waals surface area (Å²) in [5.41, 5.74) is -0.762. The molecule has 1 atom stereocenters. The fourth-order valence-electron chi connectivity index (χ4n) is 3.19. The molecule has 6 nitrogen and oxygen atoms in total. The van der Waals surface area contributed by atoms with Crippen LogP contribution in [0, 0.1) is 0 Å². The van der Waals surface area contributed by atoms with Crippen molar-refractivity contribution in [1.29, 1.82) is 0 Å². The molecule has 3 rings (SSSR count). The van der Waals surface area contributed by atoms with Gasteiger partial charge in [0.2, 0.25) is 0 Å². The van der Waals surface area contributed by atoms with E-state index < -0.39 is 5.60 Å². The molecular weight excluding hydrogens is 308 g/mol. The van der Waals surface area contributed by atoms with Crippen LogP contribution in [0.15, 0.2) is 35.4 Å². The molecule has 1 aromatic heterocycles. The second kappa shape index (κ2) is 6.73. The van der Waals surface area contributed by atoms with Gasteiger partial charge in [-0.2, -0.15) is 0 Å². The number of aromatic amines is 1. The van der Waals surface area contributed by atoms with Crippen LogP contribution in [-0.2, 0) is 12.1 Å². The fraction of sp³-hybridized carbons (Fsp3) is 0.500. The van der Waals surface area contributed by atoms with E-state index in [1.807, 2.05) is 6.07 Å². The minimum Gasteiger partial charge on any atom is -0.493 e. The van der Waals surface area contributed by atoms with Gasteiger partial charge in [-0.05, 0) is 50.3 Å². The van der Waals surface area contributed by atoms with E-state index in [0.717, 1.165) is 12.8 Å². The molecule has 0 radical (unpaired) electrons. The van der Waals surface area contributed by atoms with Gasteiger partial charge in [0.1, 0.15) is 5.60 Å². The highest BCUT2D eigenvalue weighted by molar-refractivity contribution is 5.44. The van der Waals surface area contributed by atoms with Gasteiger partial charge in [0.15, 0.2) is 11.5 Å². The lowest BCUT2D eigenvalue weighted by Gasteiger charge is -2.25. The van der Waals surface area contributed by atoms with Crippen molar-refractivity contribution < 1.29 is 14.6 Å². The van der Waals surface area contributed by atoms with E-state index >= 15 is 0 Å². The monoisotopic (exact) mass is 332 g/mol. The third kappa shape index (κ3) is 3.48. The fourth-order valence-corrected chi connectivity index (χ4v) is 3.19. The van der Waals surface area contributed by atoms with Gasteiger partial charge < -0.3 is 19.6 Å². The second-order valence-electron chi connectivity index (χ2n) is 6.56. The van der Waals surface area contributed by atoms with Crippen molar-refractivity contribution in [2.45, 2.75) is 50.9 Å². The zero-order chi connectivity index (χ0) is 17.2. The molecule has 2 N–H and O–H groups in total. The van der Waals surface area contributed by atoms with Gasteiger partial charge in [-0.3, -0.25) is 4.57 Å². The van der Waals surface area contributed by atoms with E-state index in [0.29, 0.717) is 17.1 Å². The number of hydrogen-bond donors (Lipinski definition) is 2. The van der Waals surface area contributed by atoms with Gasteiger partial charge in [-0.25, -0.2) is 4.79 Å². The Bertz CT molecular complexity index is 741. The first-order valence-electron chi connectivity index (χ1n) is 8.31. The van der Waals surface area contributed by atoms with Gasteiger partial charge in [0.05, 0.1) is 19.8 Å². The number of nitrogens with zero attached hydrogens (tertiary/aromatic N) is 1. The van der Waals surface area contributed by atoms with E-state index in [1.54, 1.807) is 38.6 Å². The molecule has 0 bridgehead atoms. The Balaban J connectivity index is 1.86. The number of aromatic nitrogens is 2. The zero-order valence-electron chi connectivity index (χ0n) is 14.1. The maximum atomic E-state index is 11.7. The molecule has 1 aliphatic rings. The zero-order valence-corrected chi connectivity index (χ0v) is 14.1. The number of imidazole rings is 1. The molecule has 24 heavy (non-hydrogen) atoms. The van der Waals surface area contributed by atoms with Crippen LogP contribution in [0.1, 0.15) is 38.2 Å². The van der Waals surface area contributed by atoms with Crippen molar-refractivity contribution in [2.75, 3.05) is 7.11 Å². The van der Waals surface area contributed by atoms with Crippen LogP contribution < -0.4 is 15.2 Å². The molecule has 1 fully saturated rings. The smallest absolute Gasteiger partial charge is 0.325 e. The summed E-state index contributed by atoms with van der Waals surface area (Å²) >= 11 is 0. The maximum absolute atomic E-state index is 11.7. The molecule has 1 unspecified atom stereocenters. The number of methoxy groups -OCH3 is 1. The molecule has 2 aromatic rings. The van der Waals surface area contributed by atoms with E-state index in [-0.39, 0.29) is 18.3 Å². The Labute approximate surface area is 141 Å². The number of H-pyrrole nitrogens is 1. The predicted molar refractivity (Wildman–Crippen MR) is 90.5 cm³/mol. The molecular formula is C18H24N2O4. The van der Waals surface area contributed by atoms with Gasteiger partial charge in [0.25, 0.3) is 0 Å². The quantitative estimate of drug-likeness (QED) is 0.852. The molecule has 0 spiro atoms. The first kappa shape index (κ1) is 16.6. The van der Waals surface area contributed by atoms with Crippen LogP contribution >= 0.6 is 0 Å². The van der Waals surface area contributed by atoms with E-state index in [4.69, 9.17) is 9.47 Å². The number of nitrogens with one attached hydrogen (secondary N) is 1. The third-order valence-corrected chi connectivity index (χ3v) is 4.58. The average Bonchev–Trinajstić information content (AvgIpc) is 3.19. The summed E-state index contributed by atoms with van der Waals surface area (Å²) in [4.78, 5) is 14.2. The summed E-state index contributed by atoms with van der Waals surface area (Å²) < 4.78 is 12.9. The third-order valence-electron chi connectivity index (χ3n) is 4.58. The molecule has 1 heterocycles. The minimum absolute atomic E-state index is 0.157. The average molecular weight is 332 g/mol. The summed E-state index contributed by atoms with van der Waals surface area (Å²) in [5, 5.41) is 10.9. The lowest BCUT2D eigenvalue weighted by Crippen LogP contribution is -2.32. The Morgan fingerprint density at radius 2 is 2.08 bits per heavy atom. The number of hydrogen-bond acceptors (Lipinski definition) is 4. The lowest BCUT2D eigenvalue weighted by atomic mass is 9.95. The maximum Gasteiger partial charge on any atom is 0.325 e. The Kier molecular flexibility index (Phi) is 4.66. The van der Waals surface area contributed by atoms with Crippen LogP contribution in [0.4, 0.5) is 0 Å². The summed E-state index contributed by atoms with van der Waals surface area (Å²) in [6.45, 7) is 1.85. The predicted octanol–water partition coefficient (Wildman–Crippen LogP) is 2.41. The highest BCUT2D eigenvalue weighted by Crippen LogP contribution is 2.35. The lowest BCUT2D eigenvalue weighted by molar-refractivity contribution is 0.0368. The molecule has 1 aliphatic carbocycles. The summed E-state index contributed by atoms with van der Waals surface area (Å²) in [6.07, 6.45) is 7.83. The van der Waals surface area contributed by atoms with Crippen molar-refractivity contribution in [3.05, 3.63) is 46.6 Å². The molecule has 0 saturated heterocycles. The first-order valence-corrected chi connectivity index (χ1v) is 8.31. The summed E-state index contributed by atoms with van der Waals surface area (Å²) in [5.74, 6) is 1.30. The van der Waals surface area contributed by atoms with Crippen LogP contribution in [0.3, 0.4) is 0 Å².